The molecule has 1 N–H and O–H groups in total. The van der Waals surface area contributed by atoms with Gasteiger partial charge in [0.1, 0.15) is 5.69 Å². The van der Waals surface area contributed by atoms with Gasteiger partial charge >= 0.3 is 5.97 Å². The smallest absolute Gasteiger partial charge is 0.335 e. The first kappa shape index (κ1) is 15.9. The standard InChI is InChI=1S/C19H19N3O2/c1-19(2,3)15-9-7-13(8-10-15)17-12-22(21-20-17)16-6-4-5-14(11-16)18(23)24/h4-12H,1-3H3,(H,23,24). The maximum absolute atomic E-state index is 11.1. The summed E-state index contributed by atoms with van der Waals surface area (Å²) < 4.78 is 1.58. The summed E-state index contributed by atoms with van der Waals surface area (Å²) in [4.78, 5) is 11.1. The van der Waals surface area contributed by atoms with E-state index in [1.165, 1.54) is 5.56 Å². The van der Waals surface area contributed by atoms with Crippen LogP contribution in [0.15, 0.2) is 54.7 Å². The molecule has 1 heterocycles. The normalized spacial score (nSPS) is 11.5. The molecule has 0 bridgehead atoms. The fourth-order valence-electron chi connectivity index (χ4n) is 2.44. The summed E-state index contributed by atoms with van der Waals surface area (Å²) in [6.07, 6.45) is 1.80. The summed E-state index contributed by atoms with van der Waals surface area (Å²) in [5.41, 5.74) is 3.97. The van der Waals surface area contributed by atoms with Crippen molar-refractivity contribution >= 4 is 5.97 Å². The van der Waals surface area contributed by atoms with Crippen molar-refractivity contribution < 1.29 is 9.90 Å². The highest BCUT2D eigenvalue weighted by Gasteiger charge is 2.14. The summed E-state index contributed by atoms with van der Waals surface area (Å²) in [7, 11) is 0. The van der Waals surface area contributed by atoms with Gasteiger partial charge < -0.3 is 5.11 Å². The summed E-state index contributed by atoms with van der Waals surface area (Å²) in [5, 5.41) is 17.4. The highest BCUT2D eigenvalue weighted by molar-refractivity contribution is 5.88. The van der Waals surface area contributed by atoms with Crippen LogP contribution in [0.2, 0.25) is 0 Å². The van der Waals surface area contributed by atoms with Crippen LogP contribution in [-0.4, -0.2) is 26.1 Å². The average Bonchev–Trinajstić information content (AvgIpc) is 3.04. The summed E-state index contributed by atoms with van der Waals surface area (Å²) in [5.74, 6) is -0.963. The Hall–Kier alpha value is -2.95. The topological polar surface area (TPSA) is 68.0 Å². The van der Waals surface area contributed by atoms with E-state index in [2.05, 4.69) is 43.2 Å². The number of carbonyl (C=O) groups is 1. The number of nitrogens with zero attached hydrogens (tertiary/aromatic N) is 3. The van der Waals surface area contributed by atoms with Gasteiger partial charge in [0.25, 0.3) is 0 Å². The van der Waals surface area contributed by atoms with E-state index in [9.17, 15) is 4.79 Å². The van der Waals surface area contributed by atoms with Gasteiger partial charge in [0, 0.05) is 5.56 Å². The van der Waals surface area contributed by atoms with E-state index in [-0.39, 0.29) is 11.0 Å². The minimum absolute atomic E-state index is 0.105. The number of benzene rings is 2. The number of carboxylic acids is 1. The predicted octanol–water partition coefficient (Wildman–Crippen LogP) is 3.93. The Labute approximate surface area is 140 Å². The van der Waals surface area contributed by atoms with Gasteiger partial charge in [-0.1, -0.05) is 56.3 Å². The minimum atomic E-state index is -0.963. The second-order valence-electron chi connectivity index (χ2n) is 6.73. The van der Waals surface area contributed by atoms with Crippen LogP contribution >= 0.6 is 0 Å². The first-order valence-electron chi connectivity index (χ1n) is 7.71. The Balaban J connectivity index is 1.91. The van der Waals surface area contributed by atoms with Crippen molar-refractivity contribution in [2.75, 3.05) is 0 Å². The number of aromatic nitrogens is 3. The van der Waals surface area contributed by atoms with Gasteiger partial charge in [-0.05, 0) is 29.2 Å². The minimum Gasteiger partial charge on any atom is -0.478 e. The maximum atomic E-state index is 11.1. The zero-order valence-corrected chi connectivity index (χ0v) is 13.9. The van der Waals surface area contributed by atoms with E-state index in [0.29, 0.717) is 5.69 Å². The van der Waals surface area contributed by atoms with Crippen molar-refractivity contribution in [3.8, 4) is 16.9 Å². The zero-order chi connectivity index (χ0) is 17.3. The van der Waals surface area contributed by atoms with E-state index in [4.69, 9.17) is 5.11 Å². The lowest BCUT2D eigenvalue weighted by Gasteiger charge is -2.18. The van der Waals surface area contributed by atoms with Crippen LogP contribution in [-0.2, 0) is 5.41 Å². The second-order valence-corrected chi connectivity index (χ2v) is 6.73. The van der Waals surface area contributed by atoms with Gasteiger partial charge in [0.05, 0.1) is 17.4 Å². The van der Waals surface area contributed by atoms with E-state index >= 15 is 0 Å². The van der Waals surface area contributed by atoms with Crippen molar-refractivity contribution in [2.24, 2.45) is 0 Å². The lowest BCUT2D eigenvalue weighted by molar-refractivity contribution is 0.0697. The van der Waals surface area contributed by atoms with Crippen LogP contribution in [0.4, 0.5) is 0 Å². The molecule has 0 fully saturated rings. The van der Waals surface area contributed by atoms with Crippen LogP contribution in [0.5, 0.6) is 0 Å². The molecule has 0 spiro atoms. The molecule has 0 aliphatic rings. The molecule has 1 aromatic heterocycles. The molecule has 0 radical (unpaired) electrons. The van der Waals surface area contributed by atoms with Gasteiger partial charge in [0.2, 0.25) is 0 Å². The largest absolute Gasteiger partial charge is 0.478 e. The fourth-order valence-corrected chi connectivity index (χ4v) is 2.44. The Kier molecular flexibility index (Phi) is 3.93. The highest BCUT2D eigenvalue weighted by Crippen LogP contribution is 2.25. The van der Waals surface area contributed by atoms with Gasteiger partial charge in [-0.15, -0.1) is 5.10 Å². The maximum Gasteiger partial charge on any atom is 0.335 e. The summed E-state index contributed by atoms with van der Waals surface area (Å²) in [6.45, 7) is 6.52. The molecule has 122 valence electrons. The third-order valence-electron chi connectivity index (χ3n) is 3.90. The van der Waals surface area contributed by atoms with Crippen molar-refractivity contribution in [3.05, 3.63) is 65.9 Å². The Morgan fingerprint density at radius 3 is 2.42 bits per heavy atom. The Morgan fingerprint density at radius 2 is 1.79 bits per heavy atom. The molecule has 0 saturated heterocycles. The van der Waals surface area contributed by atoms with E-state index < -0.39 is 5.97 Å². The van der Waals surface area contributed by atoms with Crippen LogP contribution in [0, 0.1) is 0 Å². The molecule has 5 nitrogen and oxygen atoms in total. The molecule has 0 aliphatic carbocycles. The van der Waals surface area contributed by atoms with Crippen molar-refractivity contribution in [2.45, 2.75) is 26.2 Å². The molecular weight excluding hydrogens is 302 g/mol. The molecule has 0 amide bonds. The quantitative estimate of drug-likeness (QED) is 0.793. The second kappa shape index (κ2) is 5.92. The molecule has 0 aliphatic heterocycles. The van der Waals surface area contributed by atoms with Crippen LogP contribution in [0.25, 0.3) is 16.9 Å². The molecule has 24 heavy (non-hydrogen) atoms. The zero-order valence-electron chi connectivity index (χ0n) is 13.9. The van der Waals surface area contributed by atoms with Gasteiger partial charge in [-0.2, -0.15) is 0 Å². The molecule has 0 unspecified atom stereocenters. The van der Waals surface area contributed by atoms with Crippen molar-refractivity contribution in [1.82, 2.24) is 15.0 Å². The third-order valence-corrected chi connectivity index (χ3v) is 3.90. The first-order chi connectivity index (χ1) is 11.3. The summed E-state index contributed by atoms with van der Waals surface area (Å²) in [6, 6.07) is 14.9. The molecule has 5 heteroatoms. The molecule has 0 saturated carbocycles. The van der Waals surface area contributed by atoms with Gasteiger partial charge in [-0.25, -0.2) is 9.48 Å². The van der Waals surface area contributed by atoms with E-state index in [0.717, 1.165) is 11.3 Å². The SMILES string of the molecule is CC(C)(C)c1ccc(-c2cn(-c3cccc(C(=O)O)c3)nn2)cc1. The van der Waals surface area contributed by atoms with E-state index in [1.54, 1.807) is 35.1 Å². The Bertz CT molecular complexity index is 874. The van der Waals surface area contributed by atoms with Crippen molar-refractivity contribution in [3.63, 3.8) is 0 Å². The average molecular weight is 321 g/mol. The van der Waals surface area contributed by atoms with Crippen LogP contribution in [0.3, 0.4) is 0 Å². The highest BCUT2D eigenvalue weighted by atomic mass is 16.4. The molecule has 0 atom stereocenters. The Morgan fingerprint density at radius 1 is 1.08 bits per heavy atom. The lowest BCUT2D eigenvalue weighted by Crippen LogP contribution is -2.10. The van der Waals surface area contributed by atoms with Gasteiger partial charge in [-0.3, -0.25) is 0 Å². The fraction of sp³-hybridized carbons (Fsp3) is 0.211. The molecular formula is C19H19N3O2. The number of aromatic carboxylic acids is 1. The van der Waals surface area contributed by atoms with Crippen LogP contribution < -0.4 is 0 Å². The first-order valence-corrected chi connectivity index (χ1v) is 7.71. The lowest BCUT2D eigenvalue weighted by atomic mass is 9.86. The number of carboxylic acid groups (broad SMARTS) is 1. The molecule has 3 aromatic rings. The predicted molar refractivity (Wildman–Crippen MR) is 92.5 cm³/mol. The molecule has 3 rings (SSSR count). The monoisotopic (exact) mass is 321 g/mol. The number of rotatable bonds is 3. The number of hydrogen-bond acceptors (Lipinski definition) is 3. The van der Waals surface area contributed by atoms with E-state index in [1.807, 2.05) is 12.1 Å². The number of hydrogen-bond donors (Lipinski definition) is 1. The molecule has 2 aromatic carbocycles. The third kappa shape index (κ3) is 3.20. The summed E-state index contributed by atoms with van der Waals surface area (Å²) >= 11 is 0. The van der Waals surface area contributed by atoms with Crippen molar-refractivity contribution in [1.29, 1.82) is 0 Å². The van der Waals surface area contributed by atoms with Crippen LogP contribution in [0.1, 0.15) is 36.7 Å². The van der Waals surface area contributed by atoms with Gasteiger partial charge in [0.15, 0.2) is 0 Å².